The second kappa shape index (κ2) is 4.84. The van der Waals surface area contributed by atoms with Crippen LogP contribution in [0, 0.1) is 6.07 Å². The second-order valence-electron chi connectivity index (χ2n) is 4.09. The third-order valence-corrected chi connectivity index (χ3v) is 2.92. The Morgan fingerprint density at radius 3 is 2.00 bits per heavy atom. The van der Waals surface area contributed by atoms with Gasteiger partial charge in [0.1, 0.15) is 0 Å². The summed E-state index contributed by atoms with van der Waals surface area (Å²) in [5.74, 6) is 0. The Morgan fingerprint density at radius 2 is 1.33 bits per heavy atom. The summed E-state index contributed by atoms with van der Waals surface area (Å²) < 4.78 is 0. The lowest BCUT2D eigenvalue weighted by atomic mass is 10.0. The predicted molar refractivity (Wildman–Crippen MR) is 73.9 cm³/mol. The van der Waals surface area contributed by atoms with Crippen molar-refractivity contribution >= 4 is 0 Å². The largest absolute Gasteiger partial charge is 0.265 e. The highest BCUT2D eigenvalue weighted by atomic mass is 14.6. The van der Waals surface area contributed by atoms with Crippen molar-refractivity contribution in [1.29, 1.82) is 0 Å². The van der Waals surface area contributed by atoms with Crippen molar-refractivity contribution < 1.29 is 0 Å². The highest BCUT2D eigenvalue weighted by molar-refractivity contribution is 5.69. The van der Waals surface area contributed by atoms with Gasteiger partial charge in [-0.2, -0.15) is 0 Å². The zero-order chi connectivity index (χ0) is 12.2. The van der Waals surface area contributed by atoms with E-state index >= 15 is 0 Å². The minimum Gasteiger partial charge on any atom is -0.265 e. The Balaban J connectivity index is 1.95. The monoisotopic (exact) mass is 230 g/mol. The number of hydrogen-bond acceptors (Lipinski definition) is 1. The molecule has 0 fully saturated rings. The van der Waals surface area contributed by atoms with E-state index in [0.717, 1.165) is 5.56 Å². The highest BCUT2D eigenvalue weighted by Gasteiger charge is 1.99. The molecule has 0 aliphatic heterocycles. The van der Waals surface area contributed by atoms with Gasteiger partial charge in [0.05, 0.1) is 0 Å². The van der Waals surface area contributed by atoms with Crippen molar-refractivity contribution in [2.24, 2.45) is 0 Å². The van der Waals surface area contributed by atoms with Gasteiger partial charge in [-0.15, -0.1) is 0 Å². The van der Waals surface area contributed by atoms with Crippen LogP contribution in [-0.4, -0.2) is 4.98 Å². The fourth-order valence-electron chi connectivity index (χ4n) is 1.96. The number of hydrogen-bond donors (Lipinski definition) is 0. The van der Waals surface area contributed by atoms with Crippen LogP contribution in [-0.2, 0) is 0 Å². The number of pyridine rings is 1. The van der Waals surface area contributed by atoms with Gasteiger partial charge in [-0.05, 0) is 40.5 Å². The van der Waals surface area contributed by atoms with Gasteiger partial charge in [-0.1, -0.05) is 48.5 Å². The molecule has 1 heterocycles. The van der Waals surface area contributed by atoms with Crippen LogP contribution in [0.15, 0.2) is 73.1 Å². The topological polar surface area (TPSA) is 12.9 Å². The molecule has 2 aromatic carbocycles. The maximum Gasteiger partial charge on any atom is 0.0273 e. The van der Waals surface area contributed by atoms with E-state index in [4.69, 9.17) is 0 Å². The summed E-state index contributed by atoms with van der Waals surface area (Å²) in [5, 5.41) is 0. The zero-order valence-corrected chi connectivity index (χ0v) is 9.88. The lowest BCUT2D eigenvalue weighted by Gasteiger charge is -2.04. The quantitative estimate of drug-likeness (QED) is 0.642. The predicted octanol–water partition coefficient (Wildman–Crippen LogP) is 4.22. The third-order valence-electron chi connectivity index (χ3n) is 2.92. The molecule has 1 heteroatoms. The number of rotatable bonds is 2. The van der Waals surface area contributed by atoms with Crippen LogP contribution < -0.4 is 0 Å². The fourth-order valence-corrected chi connectivity index (χ4v) is 1.96. The van der Waals surface area contributed by atoms with Crippen molar-refractivity contribution in [2.75, 3.05) is 0 Å². The van der Waals surface area contributed by atoms with Crippen LogP contribution >= 0.6 is 0 Å². The first-order chi connectivity index (χ1) is 8.93. The van der Waals surface area contributed by atoms with Gasteiger partial charge < -0.3 is 0 Å². The van der Waals surface area contributed by atoms with Crippen LogP contribution in [0.5, 0.6) is 0 Å². The van der Waals surface area contributed by atoms with Gasteiger partial charge in [0.2, 0.25) is 0 Å². The molecule has 0 aliphatic carbocycles. The lowest BCUT2D eigenvalue weighted by molar-refractivity contribution is 1.33. The average Bonchev–Trinajstić information content (AvgIpc) is 2.49. The number of nitrogens with zero attached hydrogens (tertiary/aromatic N) is 1. The van der Waals surface area contributed by atoms with Crippen LogP contribution in [0.4, 0.5) is 0 Å². The normalized spacial score (nSPS) is 10.2. The third kappa shape index (κ3) is 2.16. The summed E-state index contributed by atoms with van der Waals surface area (Å²) in [7, 11) is 0. The Kier molecular flexibility index (Phi) is 2.89. The zero-order valence-electron chi connectivity index (χ0n) is 9.88. The maximum absolute atomic E-state index is 4.03. The van der Waals surface area contributed by atoms with Gasteiger partial charge in [0.25, 0.3) is 0 Å². The van der Waals surface area contributed by atoms with Crippen LogP contribution in [0.3, 0.4) is 0 Å². The van der Waals surface area contributed by atoms with Crippen LogP contribution in [0.25, 0.3) is 22.3 Å². The summed E-state index contributed by atoms with van der Waals surface area (Å²) >= 11 is 0. The van der Waals surface area contributed by atoms with E-state index < -0.39 is 0 Å². The summed E-state index contributed by atoms with van der Waals surface area (Å²) in [5.41, 5.74) is 4.71. The molecule has 0 spiro atoms. The Morgan fingerprint density at radius 1 is 0.667 bits per heavy atom. The van der Waals surface area contributed by atoms with Gasteiger partial charge in [-0.3, -0.25) is 4.98 Å². The average molecular weight is 230 g/mol. The van der Waals surface area contributed by atoms with Crippen LogP contribution in [0.1, 0.15) is 0 Å². The molecular weight excluding hydrogens is 218 g/mol. The molecule has 1 radical (unpaired) electrons. The summed E-state index contributed by atoms with van der Waals surface area (Å²) in [4.78, 5) is 4.03. The first-order valence-corrected chi connectivity index (χ1v) is 5.91. The molecule has 0 aliphatic rings. The number of benzene rings is 2. The molecule has 0 saturated carbocycles. The summed E-state index contributed by atoms with van der Waals surface area (Å²) in [6.07, 6.45) is 3.63. The van der Waals surface area contributed by atoms with E-state index in [-0.39, 0.29) is 0 Å². The Hall–Kier alpha value is -2.41. The maximum atomic E-state index is 4.03. The van der Waals surface area contributed by atoms with E-state index in [0.29, 0.717) is 0 Å². The van der Waals surface area contributed by atoms with Gasteiger partial charge in [0.15, 0.2) is 0 Å². The van der Waals surface area contributed by atoms with E-state index in [1.165, 1.54) is 16.7 Å². The molecule has 0 amide bonds. The molecule has 0 saturated heterocycles. The molecular formula is C17H12N. The van der Waals surface area contributed by atoms with Gasteiger partial charge >= 0.3 is 0 Å². The smallest absolute Gasteiger partial charge is 0.0273 e. The molecule has 3 aromatic rings. The van der Waals surface area contributed by atoms with E-state index in [9.17, 15) is 0 Å². The first kappa shape index (κ1) is 10.7. The van der Waals surface area contributed by atoms with Crippen molar-refractivity contribution in [1.82, 2.24) is 4.98 Å². The van der Waals surface area contributed by atoms with E-state index in [2.05, 4.69) is 41.4 Å². The standard InChI is InChI=1S/C17H12N/c1-2-4-14(5-3-1)15-6-8-16(9-7-15)17-10-12-18-13-11-17/h1-4,6-13H. The molecule has 0 atom stereocenters. The SMILES string of the molecule is [c]1ccccc1-c1ccc(-c2ccncc2)cc1. The molecule has 0 bridgehead atoms. The van der Waals surface area contributed by atoms with Gasteiger partial charge in [0, 0.05) is 12.4 Å². The summed E-state index contributed by atoms with van der Waals surface area (Å²) in [6.45, 7) is 0. The van der Waals surface area contributed by atoms with Crippen molar-refractivity contribution in [2.45, 2.75) is 0 Å². The first-order valence-electron chi connectivity index (χ1n) is 5.91. The second-order valence-corrected chi connectivity index (χ2v) is 4.09. The van der Waals surface area contributed by atoms with E-state index in [1.807, 2.05) is 42.7 Å². The van der Waals surface area contributed by atoms with Crippen molar-refractivity contribution in [3.63, 3.8) is 0 Å². The molecule has 1 nitrogen and oxygen atoms in total. The van der Waals surface area contributed by atoms with Gasteiger partial charge in [-0.25, -0.2) is 0 Å². The van der Waals surface area contributed by atoms with Crippen molar-refractivity contribution in [3.05, 3.63) is 79.1 Å². The molecule has 1 aromatic heterocycles. The molecule has 85 valence electrons. The minimum absolute atomic E-state index is 1.12. The summed E-state index contributed by atoms with van der Waals surface area (Å²) in [6, 6.07) is 23.8. The highest BCUT2D eigenvalue weighted by Crippen LogP contribution is 2.23. The lowest BCUT2D eigenvalue weighted by Crippen LogP contribution is -1.80. The molecule has 3 rings (SSSR count). The molecule has 0 N–H and O–H groups in total. The Bertz CT molecular complexity index is 554. The van der Waals surface area contributed by atoms with Crippen LogP contribution in [0.2, 0.25) is 0 Å². The molecule has 0 unspecified atom stereocenters. The fraction of sp³-hybridized carbons (Fsp3) is 0. The van der Waals surface area contributed by atoms with Crippen molar-refractivity contribution in [3.8, 4) is 22.3 Å². The molecule has 18 heavy (non-hydrogen) atoms. The minimum atomic E-state index is 1.12. The number of aromatic nitrogens is 1. The van der Waals surface area contributed by atoms with E-state index in [1.54, 1.807) is 0 Å². The Labute approximate surface area is 107 Å².